The van der Waals surface area contributed by atoms with Crippen molar-refractivity contribution in [1.29, 1.82) is 0 Å². The number of benzene rings is 1. The van der Waals surface area contributed by atoms with E-state index in [0.29, 0.717) is 6.42 Å². The summed E-state index contributed by atoms with van der Waals surface area (Å²) in [6.45, 7) is 1.85. The summed E-state index contributed by atoms with van der Waals surface area (Å²) in [5.74, 6) is -2.85. The lowest BCUT2D eigenvalue weighted by Gasteiger charge is -2.37. The third-order valence-electron chi connectivity index (χ3n) is 3.42. The summed E-state index contributed by atoms with van der Waals surface area (Å²) in [5.41, 5.74) is -5.04. The van der Waals surface area contributed by atoms with E-state index in [9.17, 15) is 39.9 Å². The second-order valence-corrected chi connectivity index (χ2v) is 6.96. The zero-order chi connectivity index (χ0) is 20.4. The van der Waals surface area contributed by atoms with Crippen molar-refractivity contribution in [2.24, 2.45) is 0 Å². The summed E-state index contributed by atoms with van der Waals surface area (Å²) < 4.78 is 113. The normalized spacial score (nSPS) is 15.1. The standard InChI is InChI=1S/C14H16F6O5S/c1-2-3-9-4-6-10(7-5-9)11(21)25-12(13(15,16)17,14(18,19)20)8-26(22,23)24/h4-7,11,21H,2-3,8H2,1H3,(H,22,23,24). The zero-order valence-electron chi connectivity index (χ0n) is 13.3. The van der Waals surface area contributed by atoms with Gasteiger partial charge in [-0.15, -0.1) is 0 Å². The molecule has 26 heavy (non-hydrogen) atoms. The van der Waals surface area contributed by atoms with E-state index in [1.54, 1.807) is 0 Å². The van der Waals surface area contributed by atoms with Crippen LogP contribution < -0.4 is 0 Å². The number of alkyl halides is 6. The number of rotatable bonds is 7. The van der Waals surface area contributed by atoms with Crippen LogP contribution in [0.25, 0.3) is 0 Å². The molecule has 12 heteroatoms. The van der Waals surface area contributed by atoms with Crippen molar-refractivity contribution in [3.63, 3.8) is 0 Å². The molecule has 1 aromatic rings. The van der Waals surface area contributed by atoms with Crippen molar-refractivity contribution in [2.45, 2.75) is 44.0 Å². The Balaban J connectivity index is 3.31. The lowest BCUT2D eigenvalue weighted by molar-refractivity contribution is -0.399. The highest BCUT2D eigenvalue weighted by atomic mass is 32.2. The fourth-order valence-electron chi connectivity index (χ4n) is 2.15. The van der Waals surface area contributed by atoms with Gasteiger partial charge in [-0.1, -0.05) is 37.6 Å². The molecule has 1 rings (SSSR count). The fourth-order valence-corrected chi connectivity index (χ4v) is 3.05. The van der Waals surface area contributed by atoms with Gasteiger partial charge in [0.1, 0.15) is 5.75 Å². The third-order valence-corrected chi connectivity index (χ3v) is 4.19. The molecule has 0 bridgehead atoms. The van der Waals surface area contributed by atoms with Crippen LogP contribution in [-0.4, -0.2) is 41.8 Å². The quantitative estimate of drug-likeness (QED) is 0.409. The molecule has 0 amide bonds. The highest BCUT2D eigenvalue weighted by molar-refractivity contribution is 7.85. The molecule has 1 atom stereocenters. The van der Waals surface area contributed by atoms with Crippen molar-refractivity contribution in [1.82, 2.24) is 0 Å². The van der Waals surface area contributed by atoms with Gasteiger partial charge in [0.2, 0.25) is 0 Å². The lowest BCUT2D eigenvalue weighted by atomic mass is 10.0. The molecule has 0 aliphatic carbocycles. The first kappa shape index (κ1) is 22.7. The maximum atomic E-state index is 13.1. The zero-order valence-corrected chi connectivity index (χ0v) is 14.1. The molecule has 1 unspecified atom stereocenters. The molecule has 0 spiro atoms. The predicted molar refractivity (Wildman–Crippen MR) is 77.7 cm³/mol. The fraction of sp³-hybridized carbons (Fsp3) is 0.571. The summed E-state index contributed by atoms with van der Waals surface area (Å²) in [4.78, 5) is 0. The average molecular weight is 410 g/mol. The number of hydrogen-bond donors (Lipinski definition) is 2. The minimum atomic E-state index is -6.29. The SMILES string of the molecule is CCCc1ccc(C(O)OC(CS(=O)(=O)O)(C(F)(F)F)C(F)(F)F)cc1. The molecular formula is C14H16F6O5S. The Morgan fingerprint density at radius 2 is 1.50 bits per heavy atom. The van der Waals surface area contributed by atoms with Crippen molar-refractivity contribution in [3.05, 3.63) is 35.4 Å². The Labute approximate surface area is 145 Å². The Bertz CT molecular complexity index is 682. The van der Waals surface area contributed by atoms with Gasteiger partial charge in [-0.25, -0.2) is 0 Å². The van der Waals surface area contributed by atoms with Crippen molar-refractivity contribution in [2.75, 3.05) is 5.75 Å². The van der Waals surface area contributed by atoms with Crippen molar-refractivity contribution >= 4 is 10.1 Å². The molecule has 0 saturated carbocycles. The van der Waals surface area contributed by atoms with Gasteiger partial charge < -0.3 is 9.84 Å². The molecule has 2 N–H and O–H groups in total. The molecule has 1 aromatic carbocycles. The maximum absolute atomic E-state index is 13.1. The Kier molecular flexibility index (Phi) is 6.72. The van der Waals surface area contributed by atoms with E-state index in [4.69, 9.17) is 4.55 Å². The molecule has 0 aliphatic rings. The summed E-state index contributed by atoms with van der Waals surface area (Å²) in [7, 11) is -5.77. The van der Waals surface area contributed by atoms with Gasteiger partial charge in [0, 0.05) is 5.56 Å². The first-order valence-electron chi connectivity index (χ1n) is 7.16. The predicted octanol–water partition coefficient (Wildman–Crippen LogP) is 3.40. The molecule has 0 radical (unpaired) electrons. The van der Waals surface area contributed by atoms with Gasteiger partial charge >= 0.3 is 12.4 Å². The van der Waals surface area contributed by atoms with Gasteiger partial charge in [-0.3, -0.25) is 4.55 Å². The molecule has 0 aliphatic heterocycles. The molecule has 0 saturated heterocycles. The highest BCUT2D eigenvalue weighted by Gasteiger charge is 2.74. The lowest BCUT2D eigenvalue weighted by Crippen LogP contribution is -2.63. The largest absolute Gasteiger partial charge is 0.427 e. The summed E-state index contributed by atoms with van der Waals surface area (Å²) in [6, 6.07) is 4.86. The van der Waals surface area contributed by atoms with Crippen molar-refractivity contribution in [3.8, 4) is 0 Å². The smallest absolute Gasteiger partial charge is 0.364 e. The molecular weight excluding hydrogens is 394 g/mol. The summed E-state index contributed by atoms with van der Waals surface area (Å²) in [6.07, 6.45) is -14.0. The number of ether oxygens (including phenoxy) is 1. The van der Waals surface area contributed by atoms with Crippen LogP contribution >= 0.6 is 0 Å². The van der Waals surface area contributed by atoms with E-state index in [2.05, 4.69) is 4.74 Å². The van der Waals surface area contributed by atoms with Crippen LogP contribution in [0.5, 0.6) is 0 Å². The third kappa shape index (κ3) is 5.32. The van der Waals surface area contributed by atoms with Gasteiger partial charge in [0.15, 0.2) is 6.29 Å². The van der Waals surface area contributed by atoms with Crippen LogP contribution in [0.15, 0.2) is 24.3 Å². The first-order valence-corrected chi connectivity index (χ1v) is 8.77. The molecule has 150 valence electrons. The van der Waals surface area contributed by atoms with Gasteiger partial charge in [-0.05, 0) is 12.0 Å². The van der Waals surface area contributed by atoms with Crippen LogP contribution in [0.1, 0.15) is 30.8 Å². The van der Waals surface area contributed by atoms with E-state index in [1.165, 1.54) is 12.1 Å². The number of aliphatic hydroxyl groups excluding tert-OH is 1. The van der Waals surface area contributed by atoms with Crippen molar-refractivity contribution < 1.29 is 49.2 Å². The topological polar surface area (TPSA) is 83.8 Å². The van der Waals surface area contributed by atoms with Crippen LogP contribution in [0, 0.1) is 0 Å². The van der Waals surface area contributed by atoms with E-state index in [1.807, 2.05) is 6.92 Å². The number of hydrogen-bond acceptors (Lipinski definition) is 4. The average Bonchev–Trinajstić information content (AvgIpc) is 2.43. The number of halogens is 6. The van der Waals surface area contributed by atoms with Gasteiger partial charge in [0.05, 0.1) is 0 Å². The highest BCUT2D eigenvalue weighted by Crippen LogP contribution is 2.48. The van der Waals surface area contributed by atoms with Crippen LogP contribution in [0.4, 0.5) is 26.3 Å². The Hall–Kier alpha value is -1.37. The second kappa shape index (κ2) is 7.71. The van der Waals surface area contributed by atoms with Gasteiger partial charge in [-0.2, -0.15) is 34.8 Å². The van der Waals surface area contributed by atoms with Crippen LogP contribution in [-0.2, 0) is 21.3 Å². The van der Waals surface area contributed by atoms with Crippen LogP contribution in [0.2, 0.25) is 0 Å². The molecule has 0 fully saturated rings. The first-order chi connectivity index (χ1) is 11.6. The number of aryl methyl sites for hydroxylation is 1. The summed E-state index contributed by atoms with van der Waals surface area (Å²) >= 11 is 0. The monoisotopic (exact) mass is 410 g/mol. The molecule has 0 heterocycles. The van der Waals surface area contributed by atoms with E-state index >= 15 is 0 Å². The maximum Gasteiger partial charge on any atom is 0.427 e. The Morgan fingerprint density at radius 1 is 1.04 bits per heavy atom. The molecule has 5 nitrogen and oxygen atoms in total. The minimum Gasteiger partial charge on any atom is -0.364 e. The van der Waals surface area contributed by atoms with Crippen LogP contribution in [0.3, 0.4) is 0 Å². The van der Waals surface area contributed by atoms with E-state index < -0.39 is 45.7 Å². The van der Waals surface area contributed by atoms with Gasteiger partial charge in [0.25, 0.3) is 15.7 Å². The second-order valence-electron chi connectivity index (χ2n) is 5.51. The van der Waals surface area contributed by atoms with E-state index in [0.717, 1.165) is 24.1 Å². The van der Waals surface area contributed by atoms with E-state index in [-0.39, 0.29) is 0 Å². The number of aliphatic hydroxyl groups is 1. The minimum absolute atomic E-state index is 0.446. The molecule has 0 aromatic heterocycles. The Morgan fingerprint density at radius 3 is 1.85 bits per heavy atom. The summed E-state index contributed by atoms with van der Waals surface area (Å²) in [5, 5.41) is 9.70.